The molecule has 0 N–H and O–H groups in total. The van der Waals surface area contributed by atoms with Crippen molar-refractivity contribution in [2.24, 2.45) is 7.05 Å². The summed E-state index contributed by atoms with van der Waals surface area (Å²) < 4.78 is 1.33. The second kappa shape index (κ2) is 7.86. The van der Waals surface area contributed by atoms with E-state index in [-0.39, 0.29) is 52.5 Å². The third kappa shape index (κ3) is 4.16. The molecule has 22 heavy (non-hydrogen) atoms. The van der Waals surface area contributed by atoms with E-state index < -0.39 is 0 Å². The summed E-state index contributed by atoms with van der Waals surface area (Å²) in [5, 5.41) is 0. The van der Waals surface area contributed by atoms with E-state index in [4.69, 9.17) is 0 Å². The monoisotopic (exact) mass is 419 g/mol. The van der Waals surface area contributed by atoms with Gasteiger partial charge in [-0.25, -0.2) is 0 Å². The summed E-state index contributed by atoms with van der Waals surface area (Å²) in [5.74, 6) is -0.272. The van der Waals surface area contributed by atoms with E-state index in [0.717, 1.165) is 16.7 Å². The molecule has 0 saturated carbocycles. The van der Waals surface area contributed by atoms with E-state index in [9.17, 15) is 9.59 Å². The third-order valence-corrected chi connectivity index (χ3v) is 3.51. The number of carbonyl (C=O) groups is 1. The van der Waals surface area contributed by atoms with Gasteiger partial charge >= 0.3 is 0 Å². The van der Waals surface area contributed by atoms with Crippen LogP contribution in [0.25, 0.3) is 6.08 Å². The normalized spacial score (nSPS) is 10.5. The summed E-state index contributed by atoms with van der Waals surface area (Å²) >= 11 is 0. The number of hydrogen-bond acceptors (Lipinski definition) is 2. The first-order valence-corrected chi connectivity index (χ1v) is 6.78. The molecule has 1 radical (unpaired) electrons. The van der Waals surface area contributed by atoms with Gasteiger partial charge in [0, 0.05) is 35.6 Å². The Morgan fingerprint density at radius 2 is 1.91 bits per heavy atom. The van der Waals surface area contributed by atoms with Gasteiger partial charge in [-0.3, -0.25) is 4.79 Å². The molecule has 0 aliphatic rings. The molecular weight excluding hydrogens is 401 g/mol. The maximum atomic E-state index is 12.3. The van der Waals surface area contributed by atoms with E-state index in [0.29, 0.717) is 5.56 Å². The maximum absolute atomic E-state index is 12.3. The Morgan fingerprint density at radius 1 is 1.23 bits per heavy atom. The Balaban J connectivity index is 0.00000242. The number of pyridine rings is 1. The first kappa shape index (κ1) is 18.8. The molecule has 0 bridgehead atoms. The van der Waals surface area contributed by atoms with Crippen LogP contribution in [0, 0.1) is 62.6 Å². The molecule has 0 aliphatic carbocycles. The van der Waals surface area contributed by atoms with Gasteiger partial charge in [0.15, 0.2) is 5.78 Å². The zero-order valence-electron chi connectivity index (χ0n) is 13.3. The number of rotatable bonds is 3. The quantitative estimate of drug-likeness (QED) is 0.436. The van der Waals surface area contributed by atoms with Crippen LogP contribution in [-0.4, -0.2) is 10.4 Å². The van der Waals surface area contributed by atoms with Crippen LogP contribution in [-0.2, 0) is 7.05 Å². The average Bonchev–Trinajstić information content (AvgIpc) is 2.43. The predicted molar refractivity (Wildman–Crippen MR) is 84.5 cm³/mol. The number of aromatic nitrogens is 1. The maximum Gasteiger partial charge on any atom is 0.167 e. The van der Waals surface area contributed by atoms with Crippen molar-refractivity contribution in [3.63, 3.8) is 0 Å². The van der Waals surface area contributed by atoms with Crippen LogP contribution in [0.1, 0.15) is 32.6 Å². The van der Waals surface area contributed by atoms with Crippen molar-refractivity contribution in [1.29, 1.82) is 0 Å². The molecule has 4 heteroatoms. The predicted octanol–water partition coefficient (Wildman–Crippen LogP) is 3.01. The minimum atomic E-state index is -0.308. The van der Waals surface area contributed by atoms with E-state index in [1.54, 1.807) is 20.0 Å². The standard InChI is InChI=1S/C18H18NO2.La/c1-12-6-5-7-15(10-12)8-9-16(20)17-14(3)13(2)11-19(4)18(17)21;/h5-10H,1-4H3;/q-1;/b9-8+;. The van der Waals surface area contributed by atoms with Crippen molar-refractivity contribution in [3.05, 3.63) is 74.7 Å². The molecular formula is C18H18LaNO2-. The molecule has 2 aromatic rings. The fourth-order valence-electron chi connectivity index (χ4n) is 2.22. The van der Waals surface area contributed by atoms with Crippen LogP contribution in [0.3, 0.4) is 0 Å². The molecule has 111 valence electrons. The first-order valence-electron chi connectivity index (χ1n) is 6.78. The number of benzene rings is 1. The number of carbonyl (C=O) groups excluding carboxylic acids is 1. The smallest absolute Gasteiger partial charge is 0.167 e. The van der Waals surface area contributed by atoms with Crippen molar-refractivity contribution in [2.45, 2.75) is 20.8 Å². The molecule has 1 heterocycles. The van der Waals surface area contributed by atoms with E-state index in [2.05, 4.69) is 6.20 Å². The van der Waals surface area contributed by atoms with Crippen LogP contribution in [0.5, 0.6) is 0 Å². The topological polar surface area (TPSA) is 39.1 Å². The molecule has 1 aromatic heterocycles. The molecule has 0 atom stereocenters. The van der Waals surface area contributed by atoms with Crippen LogP contribution < -0.4 is 5.56 Å². The molecule has 0 unspecified atom stereocenters. The summed E-state index contributed by atoms with van der Waals surface area (Å²) in [6.45, 7) is 5.62. The Kier molecular flexibility index (Phi) is 6.73. The van der Waals surface area contributed by atoms with E-state index in [1.807, 2.05) is 38.1 Å². The number of allylic oxidation sites excluding steroid dienone is 1. The number of nitrogens with zero attached hydrogens (tertiary/aromatic N) is 1. The summed E-state index contributed by atoms with van der Waals surface area (Å²) in [5.41, 5.74) is 3.48. The van der Waals surface area contributed by atoms with Gasteiger partial charge < -0.3 is 9.36 Å². The minimum absolute atomic E-state index is 0. The summed E-state index contributed by atoms with van der Waals surface area (Å²) in [4.78, 5) is 24.5. The number of ketones is 1. The van der Waals surface area contributed by atoms with Gasteiger partial charge in [0.25, 0.3) is 0 Å². The van der Waals surface area contributed by atoms with Crippen molar-refractivity contribution in [1.82, 2.24) is 4.57 Å². The number of aryl methyl sites for hydroxylation is 3. The Labute approximate surface area is 158 Å². The molecule has 1 aromatic carbocycles. The summed E-state index contributed by atoms with van der Waals surface area (Å²) in [7, 11) is 1.61. The molecule has 0 saturated heterocycles. The Morgan fingerprint density at radius 3 is 2.55 bits per heavy atom. The van der Waals surface area contributed by atoms with Gasteiger partial charge in [0.05, 0.1) is 0 Å². The number of hydrogen-bond donors (Lipinski definition) is 0. The van der Waals surface area contributed by atoms with E-state index in [1.165, 1.54) is 10.6 Å². The molecule has 2 rings (SSSR count). The van der Waals surface area contributed by atoms with Gasteiger partial charge in [-0.1, -0.05) is 55.9 Å². The second-order valence-corrected chi connectivity index (χ2v) is 5.21. The van der Waals surface area contributed by atoms with Crippen LogP contribution >= 0.6 is 0 Å². The summed E-state index contributed by atoms with van der Waals surface area (Å²) in [6, 6.07) is 7.84. The van der Waals surface area contributed by atoms with Crippen molar-refractivity contribution in [3.8, 4) is 0 Å². The zero-order chi connectivity index (χ0) is 15.6. The van der Waals surface area contributed by atoms with Gasteiger partial charge in [0.2, 0.25) is 0 Å². The molecule has 3 nitrogen and oxygen atoms in total. The van der Waals surface area contributed by atoms with Gasteiger partial charge in [-0.15, -0.1) is 11.1 Å². The Hall–Kier alpha value is -1.23. The average molecular weight is 419 g/mol. The molecule has 0 spiro atoms. The van der Waals surface area contributed by atoms with Crippen LogP contribution in [0.2, 0.25) is 0 Å². The molecule has 0 fully saturated rings. The zero-order valence-corrected chi connectivity index (χ0v) is 16.9. The fraction of sp³-hybridized carbons (Fsp3) is 0.222. The van der Waals surface area contributed by atoms with Crippen molar-refractivity contribution >= 4 is 11.9 Å². The largest absolute Gasteiger partial charge is 0.426 e. The third-order valence-electron chi connectivity index (χ3n) is 3.51. The minimum Gasteiger partial charge on any atom is -0.426 e. The summed E-state index contributed by atoms with van der Waals surface area (Å²) in [6.07, 6.45) is 6.10. The van der Waals surface area contributed by atoms with Crippen LogP contribution in [0.4, 0.5) is 0 Å². The van der Waals surface area contributed by atoms with Crippen molar-refractivity contribution < 1.29 is 40.4 Å². The van der Waals surface area contributed by atoms with Gasteiger partial charge in [-0.2, -0.15) is 0 Å². The van der Waals surface area contributed by atoms with E-state index >= 15 is 0 Å². The fourth-order valence-corrected chi connectivity index (χ4v) is 2.22. The van der Waals surface area contributed by atoms with Gasteiger partial charge in [-0.05, 0) is 31.2 Å². The van der Waals surface area contributed by atoms with Crippen molar-refractivity contribution in [2.75, 3.05) is 0 Å². The molecule has 0 amide bonds. The molecule has 0 aliphatic heterocycles. The van der Waals surface area contributed by atoms with Gasteiger partial charge in [0.1, 0.15) is 5.56 Å². The Bertz CT molecular complexity index is 788. The van der Waals surface area contributed by atoms with Crippen LogP contribution in [0.15, 0.2) is 35.1 Å². The second-order valence-electron chi connectivity index (χ2n) is 5.21. The SMILES string of the molecule is Cc1cccc(/C=C/C(=O)c2c(C)c(C)[c-]n(C)c2=O)c1.[La]. The first-order chi connectivity index (χ1) is 9.90.